The molecule has 0 bridgehead atoms. The number of nitrogens with zero attached hydrogens (tertiary/aromatic N) is 3. The van der Waals surface area contributed by atoms with E-state index in [1.54, 1.807) is 29.8 Å². The molecule has 28 heavy (non-hydrogen) atoms. The maximum absolute atomic E-state index is 12.5. The molecule has 2 aromatic heterocycles. The minimum Gasteiger partial charge on any atom is -0.493 e. The summed E-state index contributed by atoms with van der Waals surface area (Å²) in [7, 11) is 2.96. The molecule has 0 saturated carbocycles. The SMILES string of the molecule is COc1cccc(C(=O)Nc2nnc(SCC(=O)Nc3nccs3)s2)c1OC. The van der Waals surface area contributed by atoms with Crippen molar-refractivity contribution in [1.82, 2.24) is 15.2 Å². The number of benzene rings is 1. The summed E-state index contributed by atoms with van der Waals surface area (Å²) >= 11 is 3.74. The van der Waals surface area contributed by atoms with Gasteiger partial charge in [-0.15, -0.1) is 21.5 Å². The van der Waals surface area contributed by atoms with Crippen LogP contribution in [0.1, 0.15) is 10.4 Å². The number of anilines is 2. The Balaban J connectivity index is 1.58. The lowest BCUT2D eigenvalue weighted by molar-refractivity contribution is -0.113. The molecule has 9 nitrogen and oxygen atoms in total. The second-order valence-corrected chi connectivity index (χ2v) is 8.14. The summed E-state index contributed by atoms with van der Waals surface area (Å²) in [5.74, 6) is 0.355. The highest BCUT2D eigenvalue weighted by Crippen LogP contribution is 2.32. The Morgan fingerprint density at radius 2 is 2.00 bits per heavy atom. The van der Waals surface area contributed by atoms with Gasteiger partial charge >= 0.3 is 0 Å². The van der Waals surface area contributed by atoms with Crippen LogP contribution in [0.5, 0.6) is 11.5 Å². The topological polar surface area (TPSA) is 115 Å². The monoisotopic (exact) mass is 437 g/mol. The molecule has 0 aliphatic heterocycles. The van der Waals surface area contributed by atoms with Crippen LogP contribution in [0.15, 0.2) is 34.1 Å². The smallest absolute Gasteiger partial charge is 0.261 e. The molecule has 1 aromatic carbocycles. The Morgan fingerprint density at radius 3 is 2.71 bits per heavy atom. The van der Waals surface area contributed by atoms with Gasteiger partial charge in [-0.1, -0.05) is 29.2 Å². The zero-order chi connectivity index (χ0) is 19.9. The van der Waals surface area contributed by atoms with Crippen LogP contribution in [-0.4, -0.2) is 47.0 Å². The average Bonchev–Trinajstić information content (AvgIpc) is 3.37. The molecule has 0 spiro atoms. The highest BCUT2D eigenvalue weighted by Gasteiger charge is 2.18. The van der Waals surface area contributed by atoms with Crippen LogP contribution >= 0.6 is 34.4 Å². The van der Waals surface area contributed by atoms with Gasteiger partial charge in [-0.2, -0.15) is 0 Å². The average molecular weight is 438 g/mol. The van der Waals surface area contributed by atoms with E-state index in [9.17, 15) is 9.59 Å². The van der Waals surface area contributed by atoms with Gasteiger partial charge in [-0.05, 0) is 12.1 Å². The number of carbonyl (C=O) groups is 2. The maximum Gasteiger partial charge on any atom is 0.261 e. The van der Waals surface area contributed by atoms with E-state index in [0.717, 1.165) is 0 Å². The number of hydrogen-bond acceptors (Lipinski definition) is 10. The first-order valence-corrected chi connectivity index (χ1v) is 10.5. The Bertz CT molecular complexity index is 961. The van der Waals surface area contributed by atoms with Gasteiger partial charge in [-0.25, -0.2) is 4.98 Å². The van der Waals surface area contributed by atoms with Gasteiger partial charge < -0.3 is 14.8 Å². The molecule has 3 rings (SSSR count). The highest BCUT2D eigenvalue weighted by atomic mass is 32.2. The first-order chi connectivity index (χ1) is 13.6. The molecule has 2 heterocycles. The minimum atomic E-state index is -0.398. The van der Waals surface area contributed by atoms with Crippen molar-refractivity contribution in [3.8, 4) is 11.5 Å². The van der Waals surface area contributed by atoms with Gasteiger partial charge in [-0.3, -0.25) is 14.9 Å². The fourth-order valence-electron chi connectivity index (χ4n) is 2.12. The van der Waals surface area contributed by atoms with Gasteiger partial charge in [0.05, 0.1) is 25.5 Å². The molecule has 12 heteroatoms. The molecular formula is C16H15N5O4S3. The quantitative estimate of drug-likeness (QED) is 0.408. The molecule has 0 fully saturated rings. The van der Waals surface area contributed by atoms with E-state index in [1.165, 1.54) is 48.7 Å². The Morgan fingerprint density at radius 1 is 1.14 bits per heavy atom. The zero-order valence-corrected chi connectivity index (χ0v) is 17.2. The number of thiazole rings is 1. The highest BCUT2D eigenvalue weighted by molar-refractivity contribution is 8.01. The van der Waals surface area contributed by atoms with Crippen LogP contribution in [0, 0.1) is 0 Å². The summed E-state index contributed by atoms with van der Waals surface area (Å²) in [6.07, 6.45) is 1.62. The molecule has 0 atom stereocenters. The maximum atomic E-state index is 12.5. The van der Waals surface area contributed by atoms with Crippen LogP contribution in [0.4, 0.5) is 10.3 Å². The molecule has 3 aromatic rings. The number of amides is 2. The van der Waals surface area contributed by atoms with E-state index in [0.29, 0.717) is 31.7 Å². The van der Waals surface area contributed by atoms with Crippen LogP contribution in [0.25, 0.3) is 0 Å². The normalized spacial score (nSPS) is 10.4. The third-order valence-electron chi connectivity index (χ3n) is 3.28. The largest absolute Gasteiger partial charge is 0.493 e. The molecule has 0 saturated heterocycles. The molecule has 2 amide bonds. The van der Waals surface area contributed by atoms with Gasteiger partial charge in [0.15, 0.2) is 21.0 Å². The van der Waals surface area contributed by atoms with Crippen molar-refractivity contribution in [2.24, 2.45) is 0 Å². The number of hydrogen-bond donors (Lipinski definition) is 2. The Kier molecular flexibility index (Phi) is 6.79. The molecule has 146 valence electrons. The van der Waals surface area contributed by atoms with E-state index in [1.807, 2.05) is 0 Å². The van der Waals surface area contributed by atoms with E-state index in [2.05, 4.69) is 25.8 Å². The predicted molar refractivity (Wildman–Crippen MR) is 109 cm³/mol. The van der Waals surface area contributed by atoms with E-state index >= 15 is 0 Å². The van der Waals surface area contributed by atoms with Crippen LogP contribution < -0.4 is 20.1 Å². The van der Waals surface area contributed by atoms with Crippen molar-refractivity contribution in [2.45, 2.75) is 4.34 Å². The fourth-order valence-corrected chi connectivity index (χ4v) is 4.21. The summed E-state index contributed by atoms with van der Waals surface area (Å²) in [4.78, 5) is 28.4. The summed E-state index contributed by atoms with van der Waals surface area (Å²) in [6.45, 7) is 0. The number of aromatic nitrogens is 3. The lowest BCUT2D eigenvalue weighted by Crippen LogP contribution is -2.13. The lowest BCUT2D eigenvalue weighted by Gasteiger charge is -2.11. The Hall–Kier alpha value is -2.70. The minimum absolute atomic E-state index is 0.159. The number of nitrogens with one attached hydrogen (secondary N) is 2. The number of methoxy groups -OCH3 is 2. The zero-order valence-electron chi connectivity index (χ0n) is 14.8. The summed E-state index contributed by atoms with van der Waals surface area (Å²) < 4.78 is 11.0. The van der Waals surface area contributed by atoms with Gasteiger partial charge in [0, 0.05) is 11.6 Å². The number of para-hydroxylation sites is 1. The number of carbonyl (C=O) groups excluding carboxylic acids is 2. The van der Waals surface area contributed by atoms with Crippen molar-refractivity contribution in [1.29, 1.82) is 0 Å². The van der Waals surface area contributed by atoms with Crippen LogP contribution in [0.3, 0.4) is 0 Å². The number of thioether (sulfide) groups is 1. The summed E-state index contributed by atoms with van der Waals surface area (Å²) in [6, 6.07) is 5.01. The second-order valence-electron chi connectivity index (χ2n) is 5.04. The summed E-state index contributed by atoms with van der Waals surface area (Å²) in [5.41, 5.74) is 0.314. The molecule has 0 aliphatic rings. The second kappa shape index (κ2) is 9.48. The molecule has 2 N–H and O–H groups in total. The van der Waals surface area contributed by atoms with Crippen LogP contribution in [-0.2, 0) is 4.79 Å². The van der Waals surface area contributed by atoms with Gasteiger partial charge in [0.2, 0.25) is 11.0 Å². The third kappa shape index (κ3) is 4.97. The first kappa shape index (κ1) is 20.0. The first-order valence-electron chi connectivity index (χ1n) is 7.78. The standard InChI is InChI=1S/C16H15N5O4S3/c1-24-10-5-3-4-9(12(10)25-2)13(23)19-15-20-21-16(28-15)27-8-11(22)18-14-17-6-7-26-14/h3-7H,8H2,1-2H3,(H,17,18,22)(H,19,20,23). The summed E-state index contributed by atoms with van der Waals surface area (Å²) in [5, 5.41) is 15.9. The Labute approximate surface area is 172 Å². The fraction of sp³-hybridized carbons (Fsp3) is 0.188. The molecule has 0 aliphatic carbocycles. The third-order valence-corrected chi connectivity index (χ3v) is 5.94. The van der Waals surface area contributed by atoms with Crippen molar-refractivity contribution >= 4 is 56.5 Å². The van der Waals surface area contributed by atoms with Gasteiger partial charge in [0.25, 0.3) is 5.91 Å². The van der Waals surface area contributed by atoms with Crippen LogP contribution in [0.2, 0.25) is 0 Å². The van der Waals surface area contributed by atoms with E-state index in [-0.39, 0.29) is 11.7 Å². The molecule has 0 radical (unpaired) electrons. The molecule has 0 unspecified atom stereocenters. The van der Waals surface area contributed by atoms with Crippen molar-refractivity contribution < 1.29 is 19.1 Å². The predicted octanol–water partition coefficient (Wildman–Crippen LogP) is 2.99. The molecular weight excluding hydrogens is 422 g/mol. The number of rotatable bonds is 8. The lowest BCUT2D eigenvalue weighted by atomic mass is 10.1. The van der Waals surface area contributed by atoms with E-state index in [4.69, 9.17) is 9.47 Å². The van der Waals surface area contributed by atoms with Crippen molar-refractivity contribution in [3.63, 3.8) is 0 Å². The van der Waals surface area contributed by atoms with Gasteiger partial charge in [0.1, 0.15) is 0 Å². The van der Waals surface area contributed by atoms with Crippen molar-refractivity contribution in [2.75, 3.05) is 30.6 Å². The van der Waals surface area contributed by atoms with Crippen molar-refractivity contribution in [3.05, 3.63) is 35.3 Å². The van der Waals surface area contributed by atoms with E-state index < -0.39 is 5.91 Å². The number of ether oxygens (including phenoxy) is 2.